The molecule has 204 valence electrons. The number of halogens is 2. The van der Waals surface area contributed by atoms with Gasteiger partial charge in [0.1, 0.15) is 18.1 Å². The number of amides is 1. The van der Waals surface area contributed by atoms with Gasteiger partial charge >= 0.3 is 0 Å². The molecule has 0 unspecified atom stereocenters. The summed E-state index contributed by atoms with van der Waals surface area (Å²) in [6, 6.07) is 13.4. The van der Waals surface area contributed by atoms with Gasteiger partial charge in [0.15, 0.2) is 17.3 Å². The van der Waals surface area contributed by atoms with Crippen molar-refractivity contribution in [2.75, 3.05) is 26.8 Å². The van der Waals surface area contributed by atoms with E-state index in [1.807, 2.05) is 18.2 Å². The molecule has 1 N–H and O–H groups in total. The van der Waals surface area contributed by atoms with E-state index in [1.165, 1.54) is 13.2 Å². The lowest BCUT2D eigenvalue weighted by Crippen LogP contribution is -2.45. The first-order valence-corrected chi connectivity index (χ1v) is 13.1. The second-order valence-electron chi connectivity index (χ2n) is 9.81. The van der Waals surface area contributed by atoms with Gasteiger partial charge in [-0.2, -0.15) is 0 Å². The maximum absolute atomic E-state index is 14.3. The summed E-state index contributed by atoms with van der Waals surface area (Å²) in [6.07, 6.45) is 1.69. The maximum Gasteiger partial charge on any atom is 0.298 e. The lowest BCUT2D eigenvalue weighted by molar-refractivity contribution is -0.126. The topological polar surface area (TPSA) is 81.0 Å². The molecule has 1 amide bonds. The van der Waals surface area contributed by atoms with Crippen LogP contribution in [0.15, 0.2) is 48.5 Å². The number of likely N-dealkylation sites (tertiary alicyclic amines) is 1. The molecular weight excluding hydrogens is 516 g/mol. The van der Waals surface area contributed by atoms with Gasteiger partial charge in [-0.25, -0.2) is 18.3 Å². The second-order valence-corrected chi connectivity index (χ2v) is 9.81. The first kappa shape index (κ1) is 25.8. The zero-order valence-electron chi connectivity index (χ0n) is 22.1. The summed E-state index contributed by atoms with van der Waals surface area (Å²) in [5.41, 5.74) is 3.82. The van der Waals surface area contributed by atoms with Crippen LogP contribution in [0.5, 0.6) is 11.6 Å². The Labute approximate surface area is 229 Å². The van der Waals surface area contributed by atoms with Crippen molar-refractivity contribution in [3.05, 3.63) is 65.7 Å². The number of methoxy groups -OCH3 is 1. The van der Waals surface area contributed by atoms with Crippen molar-refractivity contribution >= 4 is 11.6 Å². The predicted octanol–water partition coefficient (Wildman–Crippen LogP) is 4.39. The van der Waals surface area contributed by atoms with E-state index in [2.05, 4.69) is 22.3 Å². The van der Waals surface area contributed by atoms with Crippen molar-refractivity contribution in [2.24, 2.45) is 0 Å². The van der Waals surface area contributed by atoms with Crippen LogP contribution in [0.25, 0.3) is 28.2 Å². The predicted molar refractivity (Wildman–Crippen MR) is 145 cm³/mol. The highest BCUT2D eigenvalue weighted by Crippen LogP contribution is 2.39. The fraction of sp³-hybridized carbons (Fsp3) is 0.300. The number of benzene rings is 2. The van der Waals surface area contributed by atoms with Gasteiger partial charge in [-0.1, -0.05) is 18.1 Å². The Morgan fingerprint density at radius 1 is 1.07 bits per heavy atom. The molecule has 0 bridgehead atoms. The Morgan fingerprint density at radius 3 is 2.62 bits per heavy atom. The first-order chi connectivity index (χ1) is 19.4. The van der Waals surface area contributed by atoms with Crippen LogP contribution in [0.4, 0.5) is 8.78 Å². The average molecular weight is 544 g/mol. The Bertz CT molecular complexity index is 1670. The molecule has 0 aliphatic carbocycles. The number of nitrogens with one attached hydrogen (secondary N) is 1. The standard InChI is InChI=1S/C30H27F2N5O3/c1-3-4-28(38)36-13-11-20(12-14-36)33-24-17-40-25-16-18(5-7-21(24)25)29-30(19-6-8-22(31)23(32)15-19)37-26(34-29)9-10-27(35-37)39-2/h5-10,15-16,20,24,33H,11-14,17H2,1-2H3/t24-/m0/s1. The van der Waals surface area contributed by atoms with Gasteiger partial charge in [0, 0.05) is 41.9 Å². The molecule has 4 aromatic rings. The Hall–Kier alpha value is -4.49. The van der Waals surface area contributed by atoms with E-state index in [1.54, 1.807) is 28.5 Å². The summed E-state index contributed by atoms with van der Waals surface area (Å²) in [6.45, 7) is 3.49. The van der Waals surface area contributed by atoms with Crippen LogP contribution in [0.2, 0.25) is 0 Å². The summed E-state index contributed by atoms with van der Waals surface area (Å²) in [5, 5.41) is 8.17. The van der Waals surface area contributed by atoms with Crippen LogP contribution >= 0.6 is 0 Å². The number of fused-ring (bicyclic) bond motifs is 2. The highest BCUT2D eigenvalue weighted by atomic mass is 19.2. The molecule has 0 spiro atoms. The number of hydrogen-bond donors (Lipinski definition) is 1. The van der Waals surface area contributed by atoms with E-state index in [0.29, 0.717) is 48.2 Å². The SMILES string of the molecule is CC#CC(=O)N1CCC(N[C@H]2COc3cc(-c4nc5ccc(OC)nn5c4-c4ccc(F)c(F)c4)ccc32)CC1. The number of ether oxygens (including phenoxy) is 2. The number of aromatic nitrogens is 3. The van der Waals surface area contributed by atoms with Crippen molar-refractivity contribution in [1.82, 2.24) is 24.8 Å². The highest BCUT2D eigenvalue weighted by molar-refractivity contribution is 5.93. The molecule has 2 aliphatic heterocycles. The fourth-order valence-electron chi connectivity index (χ4n) is 5.34. The van der Waals surface area contributed by atoms with E-state index in [4.69, 9.17) is 14.5 Å². The van der Waals surface area contributed by atoms with Crippen molar-refractivity contribution in [1.29, 1.82) is 0 Å². The van der Waals surface area contributed by atoms with Crippen LogP contribution in [0.3, 0.4) is 0 Å². The summed E-state index contributed by atoms with van der Waals surface area (Å²) < 4.78 is 41.0. The minimum absolute atomic E-state index is 0.0180. The van der Waals surface area contributed by atoms with Crippen molar-refractivity contribution in [3.8, 4) is 46.0 Å². The Morgan fingerprint density at radius 2 is 1.88 bits per heavy atom. The van der Waals surface area contributed by atoms with Crippen LogP contribution in [-0.2, 0) is 4.79 Å². The van der Waals surface area contributed by atoms with Crippen molar-refractivity contribution in [2.45, 2.75) is 31.8 Å². The third-order valence-electron chi connectivity index (χ3n) is 7.37. The summed E-state index contributed by atoms with van der Waals surface area (Å²) in [4.78, 5) is 18.6. The van der Waals surface area contributed by atoms with E-state index in [0.717, 1.165) is 41.9 Å². The quantitative estimate of drug-likeness (QED) is 0.376. The minimum Gasteiger partial charge on any atom is -0.491 e. The van der Waals surface area contributed by atoms with E-state index in [9.17, 15) is 13.6 Å². The molecule has 2 aromatic heterocycles. The second kappa shape index (κ2) is 10.6. The van der Waals surface area contributed by atoms with Gasteiger partial charge in [0.05, 0.1) is 18.8 Å². The number of carbonyl (C=O) groups is 1. The van der Waals surface area contributed by atoms with Crippen LogP contribution in [0, 0.1) is 23.5 Å². The fourth-order valence-corrected chi connectivity index (χ4v) is 5.34. The summed E-state index contributed by atoms with van der Waals surface area (Å²) in [7, 11) is 1.51. The molecule has 6 rings (SSSR count). The number of imidazole rings is 1. The maximum atomic E-state index is 14.3. The smallest absolute Gasteiger partial charge is 0.298 e. The molecule has 0 radical (unpaired) electrons. The van der Waals surface area contributed by atoms with Gasteiger partial charge in [-0.15, -0.1) is 5.10 Å². The first-order valence-electron chi connectivity index (χ1n) is 13.1. The molecule has 1 saturated heterocycles. The van der Waals surface area contributed by atoms with E-state index >= 15 is 0 Å². The Kier molecular flexibility index (Phi) is 6.82. The average Bonchev–Trinajstić information content (AvgIpc) is 3.55. The summed E-state index contributed by atoms with van der Waals surface area (Å²) >= 11 is 0. The van der Waals surface area contributed by atoms with Crippen LogP contribution in [-0.4, -0.2) is 58.3 Å². The van der Waals surface area contributed by atoms with Crippen molar-refractivity contribution < 1.29 is 23.0 Å². The molecule has 10 heteroatoms. The zero-order valence-corrected chi connectivity index (χ0v) is 22.1. The van der Waals surface area contributed by atoms with Crippen LogP contribution < -0.4 is 14.8 Å². The van der Waals surface area contributed by atoms with Crippen molar-refractivity contribution in [3.63, 3.8) is 0 Å². The lowest BCUT2D eigenvalue weighted by atomic mass is 9.99. The molecule has 1 fully saturated rings. The molecule has 1 atom stereocenters. The van der Waals surface area contributed by atoms with Gasteiger partial charge in [0.25, 0.3) is 5.91 Å². The molecule has 4 heterocycles. The number of piperidine rings is 1. The largest absolute Gasteiger partial charge is 0.491 e. The monoisotopic (exact) mass is 543 g/mol. The van der Waals surface area contributed by atoms with E-state index < -0.39 is 11.6 Å². The van der Waals surface area contributed by atoms with Crippen LogP contribution in [0.1, 0.15) is 31.4 Å². The van der Waals surface area contributed by atoms with E-state index in [-0.39, 0.29) is 18.0 Å². The highest BCUT2D eigenvalue weighted by Gasteiger charge is 2.30. The molecule has 2 aliphatic rings. The van der Waals surface area contributed by atoms with Gasteiger partial charge in [-0.3, -0.25) is 4.79 Å². The number of rotatable bonds is 5. The van der Waals surface area contributed by atoms with Gasteiger partial charge in [0.2, 0.25) is 5.88 Å². The molecule has 8 nitrogen and oxygen atoms in total. The van der Waals surface area contributed by atoms with Gasteiger partial charge in [-0.05, 0) is 56.0 Å². The minimum atomic E-state index is -0.957. The third-order valence-corrected chi connectivity index (χ3v) is 7.37. The van der Waals surface area contributed by atoms with Gasteiger partial charge < -0.3 is 19.7 Å². The zero-order chi connectivity index (χ0) is 27.8. The number of nitrogens with zero attached hydrogens (tertiary/aromatic N) is 4. The molecule has 40 heavy (non-hydrogen) atoms. The normalized spacial score (nSPS) is 16.8. The third kappa shape index (κ3) is 4.73. The number of carbonyl (C=O) groups excluding carboxylic acids is 1. The molecule has 0 saturated carbocycles. The summed E-state index contributed by atoms with van der Waals surface area (Å²) in [5.74, 6) is 4.38. The molecule has 2 aromatic carbocycles. The molecular formula is C30H27F2N5O3. The Balaban J connectivity index is 1.29. The lowest BCUT2D eigenvalue weighted by Gasteiger charge is -2.32. The number of hydrogen-bond acceptors (Lipinski definition) is 6.